The molecular weight excluding hydrogens is 1080 g/mol. The van der Waals surface area contributed by atoms with Gasteiger partial charge < -0.3 is 37.9 Å². The molecule has 426 valence electrons. The molecule has 0 saturated heterocycles. The van der Waals surface area contributed by atoms with E-state index in [9.17, 15) is 0 Å². The van der Waals surface area contributed by atoms with Crippen LogP contribution in [0.3, 0.4) is 0 Å². The lowest BCUT2D eigenvalue weighted by atomic mass is 9.84. The first-order chi connectivity index (χ1) is 41.0. The predicted molar refractivity (Wildman–Crippen MR) is 319 cm³/mol. The van der Waals surface area contributed by atoms with Crippen molar-refractivity contribution >= 4 is 34.9 Å². The van der Waals surface area contributed by atoms with Gasteiger partial charge in [0.25, 0.3) is 0 Å². The van der Waals surface area contributed by atoms with Crippen molar-refractivity contribution in [2.24, 2.45) is 20.0 Å². The fraction of sp³-hybridized carbons (Fsp3) is 0.328. The molecular formula is C64H61N11O8S. The third-order valence-electron chi connectivity index (χ3n) is 16.0. The minimum atomic E-state index is -0.303. The number of thiazole rings is 1. The third kappa shape index (κ3) is 10.9. The number of rotatable bonds is 4. The lowest BCUT2D eigenvalue weighted by molar-refractivity contribution is 0.0936. The quantitative estimate of drug-likeness (QED) is 0.160. The summed E-state index contributed by atoms with van der Waals surface area (Å²) in [5.74, 6) is 6.65. The van der Waals surface area contributed by atoms with Crippen LogP contribution in [-0.2, 0) is 44.6 Å². The zero-order valence-corrected chi connectivity index (χ0v) is 48.0. The van der Waals surface area contributed by atoms with Crippen molar-refractivity contribution in [1.82, 2.24) is 34.9 Å². The van der Waals surface area contributed by atoms with Crippen LogP contribution in [0.5, 0.6) is 23.0 Å². The monoisotopic (exact) mass is 1140 g/mol. The number of aliphatic imine (C=N–C) groups is 4. The molecule has 84 heavy (non-hydrogen) atoms. The third-order valence-corrected chi connectivity index (χ3v) is 16.6. The van der Waals surface area contributed by atoms with Gasteiger partial charge in [0.15, 0.2) is 23.6 Å². The van der Waals surface area contributed by atoms with Crippen molar-refractivity contribution in [2.45, 2.75) is 88.6 Å². The van der Waals surface area contributed by atoms with Gasteiger partial charge >= 0.3 is 0 Å². The molecule has 8 aliphatic heterocycles. The Hall–Kier alpha value is -9.17. The number of hydrogen-bond acceptors (Lipinski definition) is 20. The summed E-state index contributed by atoms with van der Waals surface area (Å²) in [6.45, 7) is 13.6. The van der Waals surface area contributed by atoms with Crippen LogP contribution < -0.4 is 18.9 Å². The van der Waals surface area contributed by atoms with Crippen LogP contribution in [0.25, 0.3) is 44.8 Å². The van der Waals surface area contributed by atoms with Crippen LogP contribution in [0.4, 0.5) is 0 Å². The van der Waals surface area contributed by atoms with Crippen molar-refractivity contribution in [3.8, 4) is 67.8 Å². The average Bonchev–Trinajstić information content (AvgIpc) is 4.04. The number of aromatic nitrogens is 7. The van der Waals surface area contributed by atoms with Crippen molar-refractivity contribution in [2.75, 3.05) is 46.2 Å². The maximum atomic E-state index is 6.12. The highest BCUT2D eigenvalue weighted by Crippen LogP contribution is 2.45. The van der Waals surface area contributed by atoms with E-state index in [1.165, 1.54) is 18.2 Å². The van der Waals surface area contributed by atoms with E-state index >= 15 is 0 Å². The number of benzene rings is 4. The smallest absolute Gasteiger partial charge is 0.181 e. The molecule has 16 rings (SSSR count). The van der Waals surface area contributed by atoms with Crippen LogP contribution >= 0.6 is 11.3 Å². The summed E-state index contributed by atoms with van der Waals surface area (Å²) < 4.78 is 46.6. The fourth-order valence-corrected chi connectivity index (χ4v) is 12.6. The molecule has 0 saturated carbocycles. The van der Waals surface area contributed by atoms with E-state index in [1.54, 1.807) is 54.7 Å². The molecule has 0 aliphatic carbocycles. The van der Waals surface area contributed by atoms with Crippen molar-refractivity contribution in [3.63, 3.8) is 0 Å². The van der Waals surface area contributed by atoms with Gasteiger partial charge in [-0.2, -0.15) is 0 Å². The highest BCUT2D eigenvalue weighted by molar-refractivity contribution is 7.07. The molecule has 20 heteroatoms. The molecule has 19 nitrogen and oxygen atoms in total. The first-order valence-electron chi connectivity index (χ1n) is 27.9. The normalized spacial score (nSPS) is 24.1. The fourth-order valence-electron chi connectivity index (χ4n) is 12.0. The van der Waals surface area contributed by atoms with E-state index in [1.807, 2.05) is 75.0 Å². The Morgan fingerprint density at radius 3 is 1.25 bits per heavy atom. The van der Waals surface area contributed by atoms with Gasteiger partial charge in [0.1, 0.15) is 110 Å². The molecule has 0 bridgehead atoms. The van der Waals surface area contributed by atoms with E-state index in [4.69, 9.17) is 42.9 Å². The highest BCUT2D eigenvalue weighted by atomic mass is 32.1. The Morgan fingerprint density at radius 2 is 0.845 bits per heavy atom. The first-order valence-corrected chi connectivity index (χ1v) is 28.8. The summed E-state index contributed by atoms with van der Waals surface area (Å²) in [7, 11) is 0. The Labute approximate surface area is 490 Å². The molecule has 4 unspecified atom stereocenters. The van der Waals surface area contributed by atoms with E-state index < -0.39 is 0 Å². The Kier molecular flexibility index (Phi) is 14.5. The summed E-state index contributed by atoms with van der Waals surface area (Å²) in [6.07, 6.45) is 18.8. The Bertz CT molecular complexity index is 3730. The Balaban J connectivity index is 0.000000105. The summed E-state index contributed by atoms with van der Waals surface area (Å²) in [4.78, 5) is 47.8. The second-order valence-corrected chi connectivity index (χ2v) is 22.9. The van der Waals surface area contributed by atoms with Gasteiger partial charge in [-0.25, -0.2) is 44.9 Å². The molecule has 12 heterocycles. The number of fused-ring (bicyclic) bond motifs is 4. The number of hydrogen-bond donors (Lipinski definition) is 0. The van der Waals surface area contributed by atoms with Crippen LogP contribution in [0.2, 0.25) is 0 Å². The molecule has 8 aliphatic rings. The van der Waals surface area contributed by atoms with E-state index in [-0.39, 0.29) is 28.3 Å². The summed E-state index contributed by atoms with van der Waals surface area (Å²) >= 11 is 1.60. The van der Waals surface area contributed by atoms with Gasteiger partial charge in [0.2, 0.25) is 0 Å². The van der Waals surface area contributed by atoms with E-state index in [0.717, 1.165) is 134 Å². The lowest BCUT2D eigenvalue weighted by Gasteiger charge is -2.35. The molecule has 5 atom stereocenters. The van der Waals surface area contributed by atoms with Gasteiger partial charge in [-0.3, -0.25) is 9.97 Å². The zero-order valence-electron chi connectivity index (χ0n) is 47.2. The van der Waals surface area contributed by atoms with Gasteiger partial charge in [-0.15, -0.1) is 11.3 Å². The van der Waals surface area contributed by atoms with Crippen LogP contribution in [-0.4, -0.2) is 133 Å². The first kappa shape index (κ1) is 54.1. The van der Waals surface area contributed by atoms with Gasteiger partial charge in [-0.05, 0) is 41.3 Å². The highest BCUT2D eigenvalue weighted by Gasteiger charge is 2.47. The van der Waals surface area contributed by atoms with Crippen molar-refractivity contribution in [1.29, 1.82) is 0 Å². The van der Waals surface area contributed by atoms with E-state index in [2.05, 4.69) is 93.2 Å². The molecule has 0 fully saturated rings. The molecule has 0 radical (unpaired) electrons. The minimum Gasteiger partial charge on any atom is -0.490 e. The van der Waals surface area contributed by atoms with Crippen LogP contribution in [0.15, 0.2) is 160 Å². The minimum absolute atomic E-state index is 0.0318. The van der Waals surface area contributed by atoms with Crippen molar-refractivity contribution < 1.29 is 37.9 Å². The van der Waals surface area contributed by atoms with Crippen LogP contribution in [0.1, 0.15) is 56.9 Å². The molecule has 8 aromatic rings. The van der Waals surface area contributed by atoms with Crippen molar-refractivity contribution in [3.05, 3.63) is 162 Å². The summed E-state index contributed by atoms with van der Waals surface area (Å²) in [5, 5.41) is 2.05. The van der Waals surface area contributed by atoms with Gasteiger partial charge in [0.05, 0.1) is 23.1 Å². The summed E-state index contributed by atoms with van der Waals surface area (Å²) in [5.41, 5.74) is 13.3. The maximum absolute atomic E-state index is 6.12. The second-order valence-electron chi connectivity index (χ2n) is 22.2. The molecule has 0 amide bonds. The average molecular weight is 1140 g/mol. The number of para-hydroxylation sites is 4. The second kappa shape index (κ2) is 22.5. The predicted octanol–water partition coefficient (Wildman–Crippen LogP) is 10.1. The molecule has 4 aromatic heterocycles. The Morgan fingerprint density at radius 1 is 0.417 bits per heavy atom. The summed E-state index contributed by atoms with van der Waals surface area (Å²) in [6, 6.07) is 24.7. The molecule has 4 spiro atoms. The van der Waals surface area contributed by atoms with E-state index in [0.29, 0.717) is 46.2 Å². The largest absolute Gasteiger partial charge is 0.490 e. The van der Waals surface area contributed by atoms with Crippen LogP contribution in [0, 0.1) is 0 Å². The molecule has 4 aromatic carbocycles. The maximum Gasteiger partial charge on any atom is 0.181 e. The standard InChI is InChI=1S/C17H17N3O2.2C16H15N3O2.C15H14N2O2S/c1-11-17(20-12(2)22-11)6-13-4-3-5-15(16(13)21-9-17)14-7-18-10-19-8-14;1-11-19-16(8-20-11)5-12-3-2-4-14(15(12)21-9-16)13-6-17-10-18-7-13;1-11-19-16(9-20-11)7-12-3-2-4-13(15(12)21-10-16)14-8-17-5-6-18-14;1-10-17-15(7-18-10)5-11-3-2-4-12(14(11)19-8-15)13-6-20-9-16-13/h3-5,7-8,10-11H,6,9H2,1-2H3;2-4,6-7,10H,5,8-9H2,1H3;2-6,8H,7,9-10H2,1H3;2-4,6,9H,5,7-8H2,1H3/t;16-;;/m.0../s1. The van der Waals surface area contributed by atoms with Gasteiger partial charge in [0, 0.05) is 129 Å². The van der Waals surface area contributed by atoms with Gasteiger partial charge in [-0.1, -0.05) is 60.7 Å². The topological polar surface area (TPSA) is 214 Å². The number of nitrogens with zero attached hydrogens (tertiary/aromatic N) is 11. The lowest BCUT2D eigenvalue weighted by Crippen LogP contribution is -2.46. The molecule has 0 N–H and O–H groups in total. The zero-order chi connectivity index (χ0) is 57.3. The number of ether oxygens (including phenoxy) is 8. The SMILES string of the molecule is CC1=NC2(CO1)COc1c(cccc1-c1cnccn1)C2.CC1=NC2(CO1)COc1c(cccc1-c1cscn1)C2.CC1=NC2(COc3c(cccc3-c3cncnc3)C2)C(C)O1.CC1=N[C@@]2(CO1)COc1c(cccc1-c1cncnc1)C2.